The van der Waals surface area contributed by atoms with Crippen LogP contribution in [-0.2, 0) is 6.42 Å². The second kappa shape index (κ2) is 2.32. The molecule has 2 rings (SSSR count). The van der Waals surface area contributed by atoms with Gasteiger partial charge in [-0.3, -0.25) is 0 Å². The second-order valence-electron chi connectivity index (χ2n) is 3.01. The van der Waals surface area contributed by atoms with Gasteiger partial charge < -0.3 is 10.8 Å². The lowest BCUT2D eigenvalue weighted by molar-refractivity contribution is 0.159. The van der Waals surface area contributed by atoms with E-state index in [0.29, 0.717) is 0 Å². The second-order valence-corrected chi connectivity index (χ2v) is 3.01. The van der Waals surface area contributed by atoms with Gasteiger partial charge >= 0.3 is 0 Å². The summed E-state index contributed by atoms with van der Waals surface area (Å²) in [5.41, 5.74) is 7.87. The Kier molecular flexibility index (Phi) is 1.44. The summed E-state index contributed by atoms with van der Waals surface area (Å²) >= 11 is 0. The fourth-order valence-electron chi connectivity index (χ4n) is 1.60. The molecule has 1 aromatic carbocycles. The zero-order chi connectivity index (χ0) is 7.84. The molecule has 0 aliphatic heterocycles. The number of benzene rings is 1. The van der Waals surface area contributed by atoms with Gasteiger partial charge in [-0.1, -0.05) is 24.3 Å². The first-order chi connectivity index (χ1) is 5.29. The number of fused-ring (bicyclic) bond motifs is 1. The Hall–Kier alpha value is -0.860. The Morgan fingerprint density at radius 1 is 1.36 bits per heavy atom. The van der Waals surface area contributed by atoms with Crippen LogP contribution in [0.25, 0.3) is 0 Å². The predicted molar refractivity (Wildman–Crippen MR) is 43.1 cm³/mol. The van der Waals surface area contributed by atoms with E-state index in [1.807, 2.05) is 24.3 Å². The largest absolute Gasteiger partial charge is 0.387 e. The Labute approximate surface area is 65.7 Å². The maximum Gasteiger partial charge on any atom is 0.0946 e. The van der Waals surface area contributed by atoms with Crippen LogP contribution in [0.2, 0.25) is 0 Å². The number of aliphatic hydroxyl groups is 1. The third kappa shape index (κ3) is 0.951. The van der Waals surface area contributed by atoms with Crippen molar-refractivity contribution in [2.45, 2.75) is 18.6 Å². The van der Waals surface area contributed by atoms with Crippen LogP contribution in [0.1, 0.15) is 17.2 Å². The van der Waals surface area contributed by atoms with Gasteiger partial charge in [-0.25, -0.2) is 0 Å². The highest BCUT2D eigenvalue weighted by atomic mass is 16.3. The molecular formula is C9H11NO. The number of nitrogens with two attached hydrogens (primary N) is 1. The summed E-state index contributed by atoms with van der Waals surface area (Å²) in [5.74, 6) is 0. The summed E-state index contributed by atoms with van der Waals surface area (Å²) in [7, 11) is 0. The van der Waals surface area contributed by atoms with Gasteiger partial charge in [-0.15, -0.1) is 0 Å². The Morgan fingerprint density at radius 3 is 2.82 bits per heavy atom. The molecule has 0 heterocycles. The molecule has 1 aliphatic carbocycles. The highest BCUT2D eigenvalue weighted by Gasteiger charge is 2.26. The van der Waals surface area contributed by atoms with Gasteiger partial charge in [0, 0.05) is 6.04 Å². The van der Waals surface area contributed by atoms with Crippen molar-refractivity contribution in [3.63, 3.8) is 0 Å². The number of rotatable bonds is 0. The summed E-state index contributed by atoms with van der Waals surface area (Å²) in [5, 5.41) is 9.52. The fraction of sp³-hybridized carbons (Fsp3) is 0.333. The van der Waals surface area contributed by atoms with Crippen molar-refractivity contribution in [2.24, 2.45) is 5.73 Å². The molecule has 0 saturated carbocycles. The summed E-state index contributed by atoms with van der Waals surface area (Å²) in [6.07, 6.45) is 0.350. The van der Waals surface area contributed by atoms with Crippen molar-refractivity contribution in [3.8, 4) is 0 Å². The van der Waals surface area contributed by atoms with Crippen LogP contribution in [0.15, 0.2) is 24.3 Å². The van der Waals surface area contributed by atoms with E-state index in [-0.39, 0.29) is 6.04 Å². The first-order valence-corrected chi connectivity index (χ1v) is 3.80. The predicted octanol–water partition coefficient (Wildman–Crippen LogP) is 0.603. The van der Waals surface area contributed by atoms with E-state index >= 15 is 0 Å². The van der Waals surface area contributed by atoms with Crippen LogP contribution in [0.5, 0.6) is 0 Å². The summed E-state index contributed by atoms with van der Waals surface area (Å²) in [6, 6.07) is 7.76. The van der Waals surface area contributed by atoms with E-state index in [2.05, 4.69) is 0 Å². The molecule has 0 bridgehead atoms. The molecule has 11 heavy (non-hydrogen) atoms. The number of hydrogen-bond donors (Lipinski definition) is 2. The Bertz CT molecular complexity index is 272. The molecule has 1 unspecified atom stereocenters. The van der Waals surface area contributed by atoms with Gasteiger partial charge in [-0.2, -0.15) is 0 Å². The van der Waals surface area contributed by atoms with Gasteiger partial charge in [0.1, 0.15) is 0 Å². The maximum atomic E-state index is 9.52. The van der Waals surface area contributed by atoms with E-state index in [9.17, 15) is 5.11 Å². The fourth-order valence-corrected chi connectivity index (χ4v) is 1.60. The van der Waals surface area contributed by atoms with Crippen LogP contribution < -0.4 is 5.73 Å². The van der Waals surface area contributed by atoms with E-state index in [4.69, 9.17) is 5.73 Å². The quantitative estimate of drug-likeness (QED) is 0.567. The molecule has 0 fully saturated rings. The van der Waals surface area contributed by atoms with Crippen molar-refractivity contribution in [1.29, 1.82) is 0 Å². The van der Waals surface area contributed by atoms with Crippen molar-refractivity contribution >= 4 is 0 Å². The third-order valence-electron chi connectivity index (χ3n) is 2.23. The average molecular weight is 149 g/mol. The summed E-state index contributed by atoms with van der Waals surface area (Å²) in [6.45, 7) is 0. The van der Waals surface area contributed by atoms with Crippen LogP contribution >= 0.6 is 0 Å². The summed E-state index contributed by atoms with van der Waals surface area (Å²) in [4.78, 5) is 0. The first-order valence-electron chi connectivity index (χ1n) is 3.80. The minimum atomic E-state index is -0.453. The van der Waals surface area contributed by atoms with Crippen LogP contribution in [0.3, 0.4) is 0 Å². The molecule has 0 aromatic heterocycles. The smallest absolute Gasteiger partial charge is 0.0946 e. The molecule has 0 spiro atoms. The minimum absolute atomic E-state index is 0.104. The van der Waals surface area contributed by atoms with Crippen molar-refractivity contribution < 1.29 is 5.11 Å². The van der Waals surface area contributed by atoms with Crippen molar-refractivity contribution in [2.75, 3.05) is 0 Å². The zero-order valence-electron chi connectivity index (χ0n) is 6.20. The zero-order valence-corrected chi connectivity index (χ0v) is 6.20. The highest BCUT2D eigenvalue weighted by Crippen LogP contribution is 2.29. The summed E-state index contributed by atoms with van der Waals surface area (Å²) < 4.78 is 0. The lowest BCUT2D eigenvalue weighted by Gasteiger charge is -2.07. The molecule has 1 aromatic rings. The highest BCUT2D eigenvalue weighted by molar-refractivity contribution is 5.35. The monoisotopic (exact) mass is 149 g/mol. The van der Waals surface area contributed by atoms with E-state index in [0.717, 1.165) is 12.0 Å². The molecule has 2 atom stereocenters. The maximum absolute atomic E-state index is 9.52. The van der Waals surface area contributed by atoms with E-state index < -0.39 is 6.10 Å². The Morgan fingerprint density at radius 2 is 2.09 bits per heavy atom. The molecule has 1 aliphatic rings. The number of aliphatic hydroxyl groups excluding tert-OH is 1. The molecule has 0 saturated heterocycles. The first kappa shape index (κ1) is 6.83. The minimum Gasteiger partial charge on any atom is -0.387 e. The standard InChI is InChI=1S/C9H11NO/c10-8-5-6-3-1-2-4-7(6)9(8)11/h1-4,8-9,11H,5,10H2/t8-,9?/m0/s1. The molecule has 0 amide bonds. The normalized spacial score (nSPS) is 28.5. The van der Waals surface area contributed by atoms with E-state index in [1.165, 1.54) is 5.56 Å². The SMILES string of the molecule is N[C@H]1Cc2ccccc2C1O. The molecule has 58 valence electrons. The van der Waals surface area contributed by atoms with Gasteiger partial charge in [0.15, 0.2) is 0 Å². The molecular weight excluding hydrogens is 138 g/mol. The lowest BCUT2D eigenvalue weighted by atomic mass is 10.1. The van der Waals surface area contributed by atoms with Gasteiger partial charge in [-0.05, 0) is 17.5 Å². The van der Waals surface area contributed by atoms with Gasteiger partial charge in [0.25, 0.3) is 0 Å². The topological polar surface area (TPSA) is 46.2 Å². The molecule has 2 nitrogen and oxygen atoms in total. The van der Waals surface area contributed by atoms with Crippen LogP contribution in [0.4, 0.5) is 0 Å². The van der Waals surface area contributed by atoms with Crippen LogP contribution in [-0.4, -0.2) is 11.1 Å². The third-order valence-corrected chi connectivity index (χ3v) is 2.23. The molecule has 0 radical (unpaired) electrons. The van der Waals surface area contributed by atoms with Crippen molar-refractivity contribution in [1.82, 2.24) is 0 Å². The van der Waals surface area contributed by atoms with Gasteiger partial charge in [0.2, 0.25) is 0 Å². The lowest BCUT2D eigenvalue weighted by Crippen LogP contribution is -2.24. The van der Waals surface area contributed by atoms with E-state index in [1.54, 1.807) is 0 Å². The van der Waals surface area contributed by atoms with Gasteiger partial charge in [0.05, 0.1) is 6.10 Å². The average Bonchev–Trinajstić information content (AvgIpc) is 2.30. The molecule has 3 N–H and O–H groups in total. The van der Waals surface area contributed by atoms with Crippen molar-refractivity contribution in [3.05, 3.63) is 35.4 Å². The number of hydrogen-bond acceptors (Lipinski definition) is 2. The van der Waals surface area contributed by atoms with Crippen LogP contribution in [0, 0.1) is 0 Å². The molecule has 2 heteroatoms. The Balaban J connectivity index is 2.47.